The summed E-state index contributed by atoms with van der Waals surface area (Å²) < 4.78 is 22.8. The van der Waals surface area contributed by atoms with Gasteiger partial charge in [-0.3, -0.25) is 14.6 Å². The normalized spacial score (nSPS) is 14.1. The Morgan fingerprint density at radius 1 is 1.18 bits per heavy atom. The molecule has 9 nitrogen and oxygen atoms in total. The van der Waals surface area contributed by atoms with Crippen molar-refractivity contribution in [3.63, 3.8) is 0 Å². The lowest BCUT2D eigenvalue weighted by atomic mass is 10.1. The number of aromatic amines is 1. The molecule has 0 radical (unpaired) electrons. The van der Waals surface area contributed by atoms with Gasteiger partial charge in [-0.1, -0.05) is 31.5 Å². The molecule has 4 aromatic rings. The number of aromatic nitrogens is 4. The molecule has 1 aliphatic rings. The molecule has 1 saturated heterocycles. The number of nitrogens with zero attached hydrogens (tertiary/aromatic N) is 4. The molecule has 0 spiro atoms. The first-order valence-electron chi connectivity index (χ1n) is 13.7. The van der Waals surface area contributed by atoms with Crippen molar-refractivity contribution < 1.29 is 19.0 Å². The summed E-state index contributed by atoms with van der Waals surface area (Å²) in [6.45, 7) is 8.98. The van der Waals surface area contributed by atoms with E-state index >= 15 is 0 Å². The van der Waals surface area contributed by atoms with E-state index in [9.17, 15) is 4.79 Å². The van der Waals surface area contributed by atoms with E-state index in [0.29, 0.717) is 48.3 Å². The van der Waals surface area contributed by atoms with E-state index in [1.165, 1.54) is 0 Å². The molecule has 40 heavy (non-hydrogen) atoms. The summed E-state index contributed by atoms with van der Waals surface area (Å²) in [7, 11) is 0. The van der Waals surface area contributed by atoms with Crippen LogP contribution >= 0.6 is 28.1 Å². The molecular formula is C29H34BrN5O4S. The maximum absolute atomic E-state index is 13.4. The zero-order chi connectivity index (χ0) is 28.1. The summed E-state index contributed by atoms with van der Waals surface area (Å²) in [5.74, 6) is 0.934. The molecular weight excluding hydrogens is 594 g/mol. The van der Waals surface area contributed by atoms with Crippen molar-refractivity contribution in [3.8, 4) is 11.4 Å². The second kappa shape index (κ2) is 13.1. The van der Waals surface area contributed by atoms with Crippen LogP contribution in [0.4, 0.5) is 0 Å². The first-order valence-corrected chi connectivity index (χ1v) is 14.9. The van der Waals surface area contributed by atoms with Gasteiger partial charge < -0.3 is 18.8 Å². The molecule has 5 rings (SSSR count). The smallest absolute Gasteiger partial charge is 0.340 e. The average Bonchev–Trinajstić information content (AvgIpc) is 3.48. The number of halogens is 1. The SMILES string of the molecule is CCCCn1c(CN2CCOCC2)c(C(=O)OCC)c2cc(OCc3n[nH]c(=S)n3-c3ccccc3)c(Br)cc21. The molecule has 0 bridgehead atoms. The highest BCUT2D eigenvalue weighted by atomic mass is 79.9. The van der Waals surface area contributed by atoms with Gasteiger partial charge in [0.15, 0.2) is 10.6 Å². The van der Waals surface area contributed by atoms with Gasteiger partial charge in [0.2, 0.25) is 0 Å². The van der Waals surface area contributed by atoms with Crippen LogP contribution in [0.3, 0.4) is 0 Å². The first kappa shape index (κ1) is 28.5. The number of ether oxygens (including phenoxy) is 3. The fourth-order valence-electron chi connectivity index (χ4n) is 5.06. The molecule has 11 heteroatoms. The number of aryl methyl sites for hydroxylation is 1. The molecule has 1 aliphatic heterocycles. The van der Waals surface area contributed by atoms with Crippen molar-refractivity contribution in [2.24, 2.45) is 0 Å². The van der Waals surface area contributed by atoms with Gasteiger partial charge in [-0.15, -0.1) is 0 Å². The third-order valence-corrected chi connectivity index (χ3v) is 7.92. The minimum absolute atomic E-state index is 0.179. The molecule has 1 N–H and O–H groups in total. The standard InChI is InChI=1S/C29H34BrN5O4S/c1-3-5-11-34-23-17-22(30)25(39-19-26-31-32-29(40)35(26)20-9-7-6-8-10-20)16-21(23)27(28(36)38-4-2)24(34)18-33-12-14-37-15-13-33/h6-10,16-17H,3-5,11-15,18-19H2,1-2H3,(H,32,40). The van der Waals surface area contributed by atoms with Crippen molar-refractivity contribution in [1.29, 1.82) is 0 Å². The number of para-hydroxylation sites is 1. The highest BCUT2D eigenvalue weighted by Crippen LogP contribution is 2.37. The molecule has 0 atom stereocenters. The molecule has 3 heterocycles. The molecule has 0 amide bonds. The van der Waals surface area contributed by atoms with E-state index < -0.39 is 0 Å². The van der Waals surface area contributed by atoms with Crippen LogP contribution in [0.15, 0.2) is 46.9 Å². The zero-order valence-corrected chi connectivity index (χ0v) is 25.2. The van der Waals surface area contributed by atoms with Crippen LogP contribution < -0.4 is 4.74 Å². The van der Waals surface area contributed by atoms with Gasteiger partial charge in [-0.25, -0.2) is 4.79 Å². The molecule has 0 saturated carbocycles. The average molecular weight is 629 g/mol. The Kier molecular flexibility index (Phi) is 9.36. The molecule has 2 aromatic carbocycles. The van der Waals surface area contributed by atoms with E-state index in [2.05, 4.69) is 42.5 Å². The Morgan fingerprint density at radius 3 is 2.67 bits per heavy atom. The minimum atomic E-state index is -0.316. The predicted octanol–water partition coefficient (Wildman–Crippen LogP) is 6.04. The van der Waals surface area contributed by atoms with Crippen molar-refractivity contribution in [2.45, 2.75) is 46.4 Å². The highest BCUT2D eigenvalue weighted by Gasteiger charge is 2.27. The Labute approximate surface area is 247 Å². The van der Waals surface area contributed by atoms with Gasteiger partial charge in [0, 0.05) is 42.9 Å². The molecule has 212 valence electrons. The number of hydrogen-bond acceptors (Lipinski definition) is 7. The topological polar surface area (TPSA) is 86.5 Å². The minimum Gasteiger partial charge on any atom is -0.484 e. The first-order chi connectivity index (χ1) is 19.5. The van der Waals surface area contributed by atoms with Crippen LogP contribution in [-0.2, 0) is 29.2 Å². The highest BCUT2D eigenvalue weighted by molar-refractivity contribution is 9.10. The number of nitrogens with one attached hydrogen (secondary N) is 1. The zero-order valence-electron chi connectivity index (χ0n) is 22.8. The number of H-pyrrole nitrogens is 1. The van der Waals surface area contributed by atoms with Gasteiger partial charge in [-0.2, -0.15) is 5.10 Å². The lowest BCUT2D eigenvalue weighted by Crippen LogP contribution is -2.36. The fourth-order valence-corrected chi connectivity index (χ4v) is 5.77. The van der Waals surface area contributed by atoms with Crippen LogP contribution in [0.5, 0.6) is 5.75 Å². The number of morpholine rings is 1. The summed E-state index contributed by atoms with van der Waals surface area (Å²) in [5, 5.41) is 8.08. The fraction of sp³-hybridized carbons (Fsp3) is 0.414. The second-order valence-electron chi connectivity index (χ2n) is 9.64. The Hall–Kier alpha value is -2.99. The number of carbonyl (C=O) groups excluding carboxylic acids is 1. The lowest BCUT2D eigenvalue weighted by Gasteiger charge is -2.27. The number of esters is 1. The monoisotopic (exact) mass is 627 g/mol. The van der Waals surface area contributed by atoms with Gasteiger partial charge in [0.1, 0.15) is 12.4 Å². The van der Waals surface area contributed by atoms with Crippen LogP contribution in [0.25, 0.3) is 16.6 Å². The van der Waals surface area contributed by atoms with E-state index in [1.54, 1.807) is 0 Å². The van der Waals surface area contributed by atoms with E-state index in [1.807, 2.05) is 54.0 Å². The summed E-state index contributed by atoms with van der Waals surface area (Å²) in [6, 6.07) is 13.8. The summed E-state index contributed by atoms with van der Waals surface area (Å²) in [6.07, 6.45) is 2.05. The molecule has 1 fully saturated rings. The molecule has 2 aromatic heterocycles. The van der Waals surface area contributed by atoms with Crippen molar-refractivity contribution in [3.05, 3.63) is 68.8 Å². The maximum atomic E-state index is 13.4. The van der Waals surface area contributed by atoms with E-state index in [0.717, 1.165) is 59.2 Å². The molecule has 0 aliphatic carbocycles. The number of carbonyl (C=O) groups is 1. The number of rotatable bonds is 11. The maximum Gasteiger partial charge on any atom is 0.340 e. The van der Waals surface area contributed by atoms with Crippen molar-refractivity contribution in [2.75, 3.05) is 32.9 Å². The third kappa shape index (κ3) is 6.02. The Bertz CT molecular complexity index is 1520. The van der Waals surface area contributed by atoms with Gasteiger partial charge in [0.05, 0.1) is 35.4 Å². The van der Waals surface area contributed by atoms with Crippen molar-refractivity contribution >= 4 is 45.0 Å². The second-order valence-corrected chi connectivity index (χ2v) is 10.9. The Balaban J connectivity index is 1.55. The predicted molar refractivity (Wildman–Crippen MR) is 160 cm³/mol. The summed E-state index contributed by atoms with van der Waals surface area (Å²) in [5.41, 5.74) is 3.45. The van der Waals surface area contributed by atoms with Gasteiger partial charge in [-0.05, 0) is 65.8 Å². The number of benzene rings is 2. The van der Waals surface area contributed by atoms with Crippen LogP contribution in [0.2, 0.25) is 0 Å². The van der Waals surface area contributed by atoms with E-state index in [4.69, 9.17) is 26.4 Å². The van der Waals surface area contributed by atoms with Crippen molar-refractivity contribution in [1.82, 2.24) is 24.2 Å². The van der Waals surface area contributed by atoms with Gasteiger partial charge in [0.25, 0.3) is 0 Å². The number of hydrogen-bond donors (Lipinski definition) is 1. The largest absolute Gasteiger partial charge is 0.484 e. The van der Waals surface area contributed by atoms with Crippen LogP contribution in [0, 0.1) is 4.77 Å². The number of unbranched alkanes of at least 4 members (excludes halogenated alkanes) is 1. The third-order valence-electron chi connectivity index (χ3n) is 7.03. The van der Waals surface area contributed by atoms with E-state index in [-0.39, 0.29) is 12.6 Å². The van der Waals surface area contributed by atoms with Crippen LogP contribution in [-0.4, -0.2) is 63.1 Å². The Morgan fingerprint density at radius 2 is 1.95 bits per heavy atom. The summed E-state index contributed by atoms with van der Waals surface area (Å²) >= 11 is 9.20. The summed E-state index contributed by atoms with van der Waals surface area (Å²) in [4.78, 5) is 15.8. The molecule has 0 unspecified atom stereocenters. The lowest BCUT2D eigenvalue weighted by molar-refractivity contribution is 0.0326. The number of fused-ring (bicyclic) bond motifs is 1. The van der Waals surface area contributed by atoms with Gasteiger partial charge >= 0.3 is 5.97 Å². The van der Waals surface area contributed by atoms with Crippen LogP contribution in [0.1, 0.15) is 48.6 Å². The quantitative estimate of drug-likeness (QED) is 0.160.